The highest BCUT2D eigenvalue weighted by Crippen LogP contribution is 2.61. The lowest BCUT2D eigenvalue weighted by atomic mass is 9.52. The summed E-state index contributed by atoms with van der Waals surface area (Å²) in [5.41, 5.74) is 1.65. The molecule has 0 aromatic carbocycles. The normalized spacial score (nSPS) is 43.5. The van der Waals surface area contributed by atoms with Gasteiger partial charge in [0.05, 0.1) is 6.10 Å². The molecule has 4 heteroatoms. The molecular weight excluding hydrogens is 304 g/mol. The zero-order chi connectivity index (χ0) is 17.5. The average Bonchev–Trinajstić information content (AvgIpc) is 2.82. The first-order chi connectivity index (χ1) is 11.3. The van der Waals surface area contributed by atoms with Crippen LogP contribution in [-0.2, 0) is 9.59 Å². The molecule has 0 heterocycles. The zero-order valence-corrected chi connectivity index (χ0v) is 14.8. The maximum absolute atomic E-state index is 11.6. The molecule has 6 atom stereocenters. The Labute approximate surface area is 144 Å². The van der Waals surface area contributed by atoms with E-state index in [1.807, 2.05) is 6.08 Å². The summed E-state index contributed by atoms with van der Waals surface area (Å²) in [5.74, 6) is 2.54. The van der Waals surface area contributed by atoms with Gasteiger partial charge in [0, 0.05) is 13.3 Å². The number of carbonyl (C=O) groups excluding carboxylic acids is 1. The standard InChI is InChI=1S/C18H26O2.C2H4O2/c1-18-9-8-14-13-5-3-12(19)10-11(13)2-4-15(14)16(18)6-7-17(18)20;1-2(3)4/h10,13-17,20H,2-9H2,1H3;1H3,(H,3,4)/t13-,14+,15+,16-,17-,18-;/m0./s1. The predicted octanol–water partition coefficient (Wildman–Crippen LogP) is 3.58. The highest BCUT2D eigenvalue weighted by atomic mass is 16.4. The van der Waals surface area contributed by atoms with Gasteiger partial charge < -0.3 is 10.2 Å². The molecule has 0 spiro atoms. The number of hydrogen-bond donors (Lipinski definition) is 2. The quantitative estimate of drug-likeness (QED) is 0.710. The lowest BCUT2D eigenvalue weighted by Gasteiger charge is -2.53. The smallest absolute Gasteiger partial charge is 0.300 e. The number of ketones is 1. The van der Waals surface area contributed by atoms with Crippen molar-refractivity contribution in [1.82, 2.24) is 0 Å². The molecule has 2 N–H and O–H groups in total. The highest BCUT2D eigenvalue weighted by Gasteiger charge is 2.55. The van der Waals surface area contributed by atoms with Crippen molar-refractivity contribution in [2.45, 2.75) is 71.3 Å². The molecule has 0 aromatic rings. The number of hydrogen-bond acceptors (Lipinski definition) is 3. The first-order valence-corrected chi connectivity index (χ1v) is 9.44. The van der Waals surface area contributed by atoms with Crippen LogP contribution in [0.1, 0.15) is 65.2 Å². The number of aliphatic hydroxyl groups excluding tert-OH is 1. The Kier molecular flexibility index (Phi) is 4.87. The van der Waals surface area contributed by atoms with Crippen LogP contribution in [0.4, 0.5) is 0 Å². The van der Waals surface area contributed by atoms with E-state index in [-0.39, 0.29) is 11.5 Å². The number of aliphatic carboxylic acids is 1. The number of carboxylic acid groups (broad SMARTS) is 1. The summed E-state index contributed by atoms with van der Waals surface area (Å²) in [6.45, 7) is 3.42. The molecule has 134 valence electrons. The third-order valence-corrected chi connectivity index (χ3v) is 7.25. The fraction of sp³-hybridized carbons (Fsp3) is 0.800. The van der Waals surface area contributed by atoms with Crippen LogP contribution >= 0.6 is 0 Å². The first kappa shape index (κ1) is 17.7. The van der Waals surface area contributed by atoms with Crippen molar-refractivity contribution in [3.05, 3.63) is 11.6 Å². The Morgan fingerprint density at radius 2 is 1.83 bits per heavy atom. The molecule has 4 aliphatic rings. The summed E-state index contributed by atoms with van der Waals surface area (Å²) >= 11 is 0. The summed E-state index contributed by atoms with van der Waals surface area (Å²) in [4.78, 5) is 20.6. The fourth-order valence-electron chi connectivity index (χ4n) is 6.15. The number of carbonyl (C=O) groups is 2. The van der Waals surface area contributed by atoms with Crippen molar-refractivity contribution in [1.29, 1.82) is 0 Å². The van der Waals surface area contributed by atoms with Gasteiger partial charge in [0.15, 0.2) is 5.78 Å². The van der Waals surface area contributed by atoms with Crippen molar-refractivity contribution in [3.8, 4) is 0 Å². The van der Waals surface area contributed by atoms with Crippen molar-refractivity contribution >= 4 is 11.8 Å². The van der Waals surface area contributed by atoms with Crippen LogP contribution in [0, 0.1) is 29.1 Å². The van der Waals surface area contributed by atoms with E-state index >= 15 is 0 Å². The van der Waals surface area contributed by atoms with Gasteiger partial charge in [-0.05, 0) is 80.1 Å². The predicted molar refractivity (Wildman–Crippen MR) is 91.4 cm³/mol. The summed E-state index contributed by atoms with van der Waals surface area (Å²) in [7, 11) is 0. The van der Waals surface area contributed by atoms with Crippen molar-refractivity contribution in [2.75, 3.05) is 0 Å². The molecule has 0 radical (unpaired) electrons. The Balaban J connectivity index is 0.000000383. The van der Waals surface area contributed by atoms with Crippen LogP contribution < -0.4 is 0 Å². The second-order valence-corrected chi connectivity index (χ2v) is 8.46. The molecule has 0 aliphatic heterocycles. The van der Waals surface area contributed by atoms with Crippen LogP contribution in [0.25, 0.3) is 0 Å². The molecule has 0 saturated heterocycles. The second-order valence-electron chi connectivity index (χ2n) is 8.46. The van der Waals surface area contributed by atoms with E-state index in [9.17, 15) is 9.90 Å². The highest BCUT2D eigenvalue weighted by molar-refractivity contribution is 5.91. The number of rotatable bonds is 0. The van der Waals surface area contributed by atoms with Gasteiger partial charge in [0.2, 0.25) is 0 Å². The Bertz CT molecular complexity index is 548. The fourth-order valence-corrected chi connectivity index (χ4v) is 6.15. The molecule has 3 saturated carbocycles. The summed E-state index contributed by atoms with van der Waals surface area (Å²) in [6, 6.07) is 0. The maximum Gasteiger partial charge on any atom is 0.300 e. The van der Waals surface area contributed by atoms with Gasteiger partial charge in [-0.2, -0.15) is 0 Å². The van der Waals surface area contributed by atoms with Crippen LogP contribution in [0.3, 0.4) is 0 Å². The lowest BCUT2D eigenvalue weighted by molar-refractivity contribution is -0.134. The second kappa shape index (κ2) is 6.62. The number of fused-ring (bicyclic) bond motifs is 5. The maximum atomic E-state index is 11.6. The van der Waals surface area contributed by atoms with Crippen LogP contribution in [0.5, 0.6) is 0 Å². The lowest BCUT2D eigenvalue weighted by Crippen LogP contribution is -2.47. The van der Waals surface area contributed by atoms with E-state index in [1.54, 1.807) is 0 Å². The van der Waals surface area contributed by atoms with Gasteiger partial charge in [-0.25, -0.2) is 0 Å². The summed E-state index contributed by atoms with van der Waals surface area (Å²) in [5, 5.41) is 17.8. The third-order valence-electron chi connectivity index (χ3n) is 7.25. The molecule has 4 nitrogen and oxygen atoms in total. The van der Waals surface area contributed by atoms with E-state index in [0.717, 1.165) is 50.4 Å². The minimum Gasteiger partial charge on any atom is -0.481 e. The van der Waals surface area contributed by atoms with E-state index in [1.165, 1.54) is 31.3 Å². The molecule has 4 aliphatic carbocycles. The molecule has 4 rings (SSSR count). The largest absolute Gasteiger partial charge is 0.481 e. The third kappa shape index (κ3) is 3.05. The number of carboxylic acids is 1. The van der Waals surface area contributed by atoms with Gasteiger partial charge >= 0.3 is 0 Å². The number of allylic oxidation sites excluding steroid dienone is 1. The molecule has 0 unspecified atom stereocenters. The molecule has 0 amide bonds. The Hall–Kier alpha value is -1.16. The topological polar surface area (TPSA) is 74.6 Å². The minimum atomic E-state index is -0.833. The molecule has 24 heavy (non-hydrogen) atoms. The molecule has 0 bridgehead atoms. The zero-order valence-electron chi connectivity index (χ0n) is 14.8. The summed E-state index contributed by atoms with van der Waals surface area (Å²) < 4.78 is 0. The van der Waals surface area contributed by atoms with E-state index in [2.05, 4.69) is 6.92 Å². The van der Waals surface area contributed by atoms with Gasteiger partial charge in [0.25, 0.3) is 5.97 Å². The molecule has 0 aromatic heterocycles. The molecule has 3 fully saturated rings. The monoisotopic (exact) mass is 334 g/mol. The van der Waals surface area contributed by atoms with Gasteiger partial charge in [-0.1, -0.05) is 12.5 Å². The van der Waals surface area contributed by atoms with Crippen LogP contribution in [0.15, 0.2) is 11.6 Å². The van der Waals surface area contributed by atoms with E-state index in [4.69, 9.17) is 9.90 Å². The van der Waals surface area contributed by atoms with Gasteiger partial charge in [0.1, 0.15) is 0 Å². The van der Waals surface area contributed by atoms with E-state index < -0.39 is 5.97 Å². The van der Waals surface area contributed by atoms with Crippen molar-refractivity contribution < 1.29 is 19.8 Å². The summed E-state index contributed by atoms with van der Waals surface area (Å²) in [6.07, 6.45) is 10.9. The average molecular weight is 334 g/mol. The van der Waals surface area contributed by atoms with Crippen LogP contribution in [-0.4, -0.2) is 28.1 Å². The number of aliphatic hydroxyl groups is 1. The molecular formula is C20H30O4. The van der Waals surface area contributed by atoms with Gasteiger partial charge in [-0.15, -0.1) is 0 Å². The van der Waals surface area contributed by atoms with E-state index in [0.29, 0.717) is 11.7 Å². The SMILES string of the molecule is CC(=O)O.C[C@]12CC[C@H]3[C@@H](CCC4=CC(=O)CC[C@@H]43)[C@@H]1CC[C@@H]2O. The Morgan fingerprint density at radius 3 is 2.54 bits per heavy atom. The van der Waals surface area contributed by atoms with Crippen molar-refractivity contribution in [2.24, 2.45) is 29.1 Å². The minimum absolute atomic E-state index is 0.0710. The van der Waals surface area contributed by atoms with Crippen molar-refractivity contribution in [3.63, 3.8) is 0 Å². The van der Waals surface area contributed by atoms with Crippen LogP contribution in [0.2, 0.25) is 0 Å². The van der Waals surface area contributed by atoms with Gasteiger partial charge in [-0.3, -0.25) is 9.59 Å². The Morgan fingerprint density at radius 1 is 1.12 bits per heavy atom. The first-order valence-electron chi connectivity index (χ1n) is 9.44.